The van der Waals surface area contributed by atoms with Gasteiger partial charge >= 0.3 is 5.97 Å². The molecule has 0 bridgehead atoms. The fraction of sp³-hybridized carbons (Fsp3) is 0.429. The Labute approximate surface area is 137 Å². The molecule has 1 amide bonds. The van der Waals surface area contributed by atoms with E-state index < -0.39 is 18.1 Å². The molecule has 0 saturated carbocycles. The molecule has 22 heavy (non-hydrogen) atoms. The molecule has 1 unspecified atom stereocenters. The Hall–Kier alpha value is -1.34. The van der Waals surface area contributed by atoms with Gasteiger partial charge in [-0.25, -0.2) is 0 Å². The maximum absolute atomic E-state index is 12.1. The number of amides is 1. The monoisotopic (exact) mass is 346 g/mol. The summed E-state index contributed by atoms with van der Waals surface area (Å²) >= 11 is 11.7. The molecule has 1 aromatic rings. The molecule has 0 radical (unpaired) electrons. The van der Waals surface area contributed by atoms with Crippen LogP contribution in [0, 0.1) is 0 Å². The molecule has 6 nitrogen and oxygen atoms in total. The Morgan fingerprint density at radius 1 is 1.41 bits per heavy atom. The van der Waals surface area contributed by atoms with E-state index in [-0.39, 0.29) is 25.4 Å². The number of methoxy groups -OCH3 is 1. The van der Waals surface area contributed by atoms with Crippen molar-refractivity contribution < 1.29 is 19.4 Å². The number of esters is 1. The molecule has 1 aliphatic heterocycles. The lowest BCUT2D eigenvalue weighted by molar-refractivity contribution is -0.146. The van der Waals surface area contributed by atoms with Crippen molar-refractivity contribution in [2.24, 2.45) is 0 Å². The van der Waals surface area contributed by atoms with Crippen LogP contribution in [0.15, 0.2) is 18.2 Å². The van der Waals surface area contributed by atoms with E-state index in [1.807, 2.05) is 0 Å². The highest BCUT2D eigenvalue weighted by molar-refractivity contribution is 6.42. The van der Waals surface area contributed by atoms with Crippen LogP contribution in [0.5, 0.6) is 0 Å². The summed E-state index contributed by atoms with van der Waals surface area (Å²) in [5, 5.41) is 13.1. The number of halogens is 2. The van der Waals surface area contributed by atoms with Crippen LogP contribution in [-0.4, -0.2) is 54.2 Å². The first-order valence-corrected chi connectivity index (χ1v) is 7.41. The maximum atomic E-state index is 12.1. The third kappa shape index (κ3) is 4.10. The van der Waals surface area contributed by atoms with Gasteiger partial charge in [-0.15, -0.1) is 0 Å². The van der Waals surface area contributed by atoms with Crippen molar-refractivity contribution in [2.75, 3.05) is 25.5 Å². The van der Waals surface area contributed by atoms with Crippen molar-refractivity contribution in [1.82, 2.24) is 4.90 Å². The third-order valence-electron chi connectivity index (χ3n) is 3.40. The highest BCUT2D eigenvalue weighted by atomic mass is 35.5. The Morgan fingerprint density at radius 3 is 2.77 bits per heavy atom. The number of nitrogens with one attached hydrogen (secondary N) is 1. The number of hydrogen-bond donors (Lipinski definition) is 2. The van der Waals surface area contributed by atoms with Crippen molar-refractivity contribution in [3.63, 3.8) is 0 Å². The number of β-amino-alcohol motifs (C(OH)–C–C–N with tert-alkyl or cyclic N) is 1. The Bertz CT molecular complexity index is 582. The van der Waals surface area contributed by atoms with Gasteiger partial charge < -0.3 is 15.2 Å². The molecule has 0 aliphatic carbocycles. The van der Waals surface area contributed by atoms with Crippen LogP contribution in [0.2, 0.25) is 10.0 Å². The second kappa shape index (κ2) is 7.28. The first-order chi connectivity index (χ1) is 10.4. The fourth-order valence-electron chi connectivity index (χ4n) is 2.39. The SMILES string of the molecule is COC(=O)C1C[C@@H](O)CN1CC(=O)Nc1ccc(Cl)c(Cl)c1. The molecule has 1 heterocycles. The maximum Gasteiger partial charge on any atom is 0.323 e. The minimum atomic E-state index is -0.651. The van der Waals surface area contributed by atoms with Gasteiger partial charge in [0.2, 0.25) is 5.91 Å². The molecule has 2 N–H and O–H groups in total. The van der Waals surface area contributed by atoms with Crippen LogP contribution in [0.4, 0.5) is 5.69 Å². The first-order valence-electron chi connectivity index (χ1n) is 6.65. The highest BCUT2D eigenvalue weighted by Gasteiger charge is 2.37. The Morgan fingerprint density at radius 2 is 2.14 bits per heavy atom. The van der Waals surface area contributed by atoms with Crippen molar-refractivity contribution in [2.45, 2.75) is 18.6 Å². The predicted molar refractivity (Wildman–Crippen MR) is 83.1 cm³/mol. The minimum Gasteiger partial charge on any atom is -0.468 e. The summed E-state index contributed by atoms with van der Waals surface area (Å²) in [5.74, 6) is -0.778. The number of likely N-dealkylation sites (tertiary alicyclic amines) is 1. The van der Waals surface area contributed by atoms with E-state index in [0.29, 0.717) is 15.7 Å². The molecule has 1 fully saturated rings. The molecule has 0 aromatic heterocycles. The standard InChI is InChI=1S/C14H16Cl2N2O4/c1-22-14(21)12-5-9(19)6-18(12)7-13(20)17-8-2-3-10(15)11(16)4-8/h2-4,9,12,19H,5-7H2,1H3,(H,17,20)/t9-,12?/m1/s1. The summed E-state index contributed by atoms with van der Waals surface area (Å²) in [6.45, 7) is 0.214. The van der Waals surface area contributed by atoms with Crippen molar-refractivity contribution in [3.8, 4) is 0 Å². The van der Waals surface area contributed by atoms with Crippen LogP contribution in [0.3, 0.4) is 0 Å². The number of carbonyl (C=O) groups excluding carboxylic acids is 2. The number of aliphatic hydroxyl groups excluding tert-OH is 1. The lowest BCUT2D eigenvalue weighted by Crippen LogP contribution is -2.41. The average molecular weight is 347 g/mol. The summed E-state index contributed by atoms with van der Waals surface area (Å²) in [6, 6.07) is 4.14. The van der Waals surface area contributed by atoms with Gasteiger partial charge in [-0.1, -0.05) is 23.2 Å². The molecule has 1 saturated heterocycles. The number of benzene rings is 1. The molecule has 0 spiro atoms. The lowest BCUT2D eigenvalue weighted by Gasteiger charge is -2.21. The van der Waals surface area contributed by atoms with Gasteiger partial charge in [-0.3, -0.25) is 14.5 Å². The largest absolute Gasteiger partial charge is 0.468 e. The Kier molecular flexibility index (Phi) is 5.63. The number of anilines is 1. The van der Waals surface area contributed by atoms with Crippen LogP contribution in [0.25, 0.3) is 0 Å². The number of rotatable bonds is 4. The van der Waals surface area contributed by atoms with Crippen LogP contribution in [-0.2, 0) is 14.3 Å². The molecule has 8 heteroatoms. The zero-order valence-corrected chi connectivity index (χ0v) is 13.4. The number of aliphatic hydroxyl groups is 1. The highest BCUT2D eigenvalue weighted by Crippen LogP contribution is 2.25. The Balaban J connectivity index is 1.98. The van der Waals surface area contributed by atoms with E-state index in [2.05, 4.69) is 10.1 Å². The predicted octanol–water partition coefficient (Wildman–Crippen LogP) is 1.54. The van der Waals surface area contributed by atoms with Gasteiger partial charge in [-0.2, -0.15) is 0 Å². The van der Waals surface area contributed by atoms with Gasteiger partial charge in [0.1, 0.15) is 6.04 Å². The molecule has 120 valence electrons. The van der Waals surface area contributed by atoms with E-state index in [1.165, 1.54) is 7.11 Å². The zero-order chi connectivity index (χ0) is 16.3. The lowest BCUT2D eigenvalue weighted by atomic mass is 10.2. The van der Waals surface area contributed by atoms with Crippen molar-refractivity contribution in [3.05, 3.63) is 28.2 Å². The second-order valence-electron chi connectivity index (χ2n) is 5.03. The van der Waals surface area contributed by atoms with E-state index in [0.717, 1.165) is 0 Å². The third-order valence-corrected chi connectivity index (χ3v) is 4.14. The van der Waals surface area contributed by atoms with Crippen LogP contribution < -0.4 is 5.32 Å². The van der Waals surface area contributed by atoms with Crippen LogP contribution >= 0.6 is 23.2 Å². The molecular formula is C14H16Cl2N2O4. The fourth-order valence-corrected chi connectivity index (χ4v) is 2.69. The molecular weight excluding hydrogens is 331 g/mol. The topological polar surface area (TPSA) is 78.9 Å². The molecule has 1 aliphatic rings. The number of hydrogen-bond acceptors (Lipinski definition) is 5. The summed E-state index contributed by atoms with van der Waals surface area (Å²) in [4.78, 5) is 25.3. The summed E-state index contributed by atoms with van der Waals surface area (Å²) in [5.41, 5.74) is 0.508. The van der Waals surface area contributed by atoms with Gasteiger partial charge in [0.05, 0.1) is 29.8 Å². The van der Waals surface area contributed by atoms with E-state index in [1.54, 1.807) is 23.1 Å². The molecule has 2 rings (SSSR count). The van der Waals surface area contributed by atoms with E-state index in [4.69, 9.17) is 23.2 Å². The van der Waals surface area contributed by atoms with E-state index >= 15 is 0 Å². The van der Waals surface area contributed by atoms with E-state index in [9.17, 15) is 14.7 Å². The van der Waals surface area contributed by atoms with Crippen molar-refractivity contribution in [1.29, 1.82) is 0 Å². The smallest absolute Gasteiger partial charge is 0.323 e. The van der Waals surface area contributed by atoms with Gasteiger partial charge in [0.25, 0.3) is 0 Å². The quantitative estimate of drug-likeness (QED) is 0.808. The normalized spacial score (nSPS) is 21.6. The zero-order valence-electron chi connectivity index (χ0n) is 11.9. The molecule has 1 aromatic carbocycles. The number of nitrogens with zero attached hydrogens (tertiary/aromatic N) is 1. The molecule has 2 atom stereocenters. The second-order valence-corrected chi connectivity index (χ2v) is 5.85. The van der Waals surface area contributed by atoms with Gasteiger partial charge in [0.15, 0.2) is 0 Å². The van der Waals surface area contributed by atoms with Crippen molar-refractivity contribution >= 4 is 40.8 Å². The first kappa shape index (κ1) is 17.0. The van der Waals surface area contributed by atoms with Gasteiger partial charge in [0, 0.05) is 18.7 Å². The summed E-state index contributed by atoms with van der Waals surface area (Å²) in [7, 11) is 1.28. The average Bonchev–Trinajstić information content (AvgIpc) is 2.82. The van der Waals surface area contributed by atoms with Crippen LogP contribution in [0.1, 0.15) is 6.42 Å². The number of carbonyl (C=O) groups is 2. The summed E-state index contributed by atoms with van der Waals surface area (Å²) in [6.07, 6.45) is -0.394. The minimum absolute atomic E-state index is 0.0307. The van der Waals surface area contributed by atoms with Gasteiger partial charge in [-0.05, 0) is 18.2 Å². The number of ether oxygens (including phenoxy) is 1. The summed E-state index contributed by atoms with van der Waals surface area (Å²) < 4.78 is 4.69.